The van der Waals surface area contributed by atoms with E-state index in [1.807, 2.05) is 0 Å². The van der Waals surface area contributed by atoms with Gasteiger partial charge in [-0.15, -0.1) is 0 Å². The molecule has 0 saturated heterocycles. The van der Waals surface area contributed by atoms with Crippen molar-refractivity contribution in [3.63, 3.8) is 0 Å². The van der Waals surface area contributed by atoms with E-state index in [4.69, 9.17) is 13.9 Å². The molecule has 0 unspecified atom stereocenters. The highest BCUT2D eigenvalue weighted by molar-refractivity contribution is 5.97. The van der Waals surface area contributed by atoms with Crippen molar-refractivity contribution < 1.29 is 33.1 Å². The van der Waals surface area contributed by atoms with Gasteiger partial charge in [0.25, 0.3) is 0 Å². The highest BCUT2D eigenvalue weighted by atomic mass is 16.5. The summed E-state index contributed by atoms with van der Waals surface area (Å²) in [5.41, 5.74) is 0.895. The van der Waals surface area contributed by atoms with E-state index in [0.717, 1.165) is 0 Å². The van der Waals surface area contributed by atoms with Crippen LogP contribution >= 0.6 is 0 Å². The number of carbonyl (C=O) groups excluding carboxylic acids is 4. The van der Waals surface area contributed by atoms with Gasteiger partial charge in [-0.05, 0) is 31.2 Å². The normalized spacial score (nSPS) is 10.1. The molecule has 0 atom stereocenters. The van der Waals surface area contributed by atoms with Crippen LogP contribution in [-0.4, -0.2) is 30.4 Å². The van der Waals surface area contributed by atoms with Crippen molar-refractivity contribution in [2.45, 2.75) is 27.4 Å². The first-order valence-electron chi connectivity index (χ1n) is 8.41. The number of ether oxygens (including phenoxy) is 2. The maximum atomic E-state index is 12.4. The van der Waals surface area contributed by atoms with Gasteiger partial charge in [0.2, 0.25) is 11.8 Å². The first-order chi connectivity index (χ1) is 13.3. The molecule has 0 radical (unpaired) electrons. The first-order valence-corrected chi connectivity index (χ1v) is 8.41. The molecule has 2 N–H and O–H groups in total. The summed E-state index contributed by atoms with van der Waals surface area (Å²) in [5, 5.41) is 5.09. The summed E-state index contributed by atoms with van der Waals surface area (Å²) in [4.78, 5) is 46.8. The molecule has 0 bridgehead atoms. The van der Waals surface area contributed by atoms with Gasteiger partial charge in [0.1, 0.15) is 5.56 Å². The lowest BCUT2D eigenvalue weighted by Gasteiger charge is -2.10. The topological polar surface area (TPSA) is 124 Å². The lowest BCUT2D eigenvalue weighted by molar-refractivity contribution is -0.115. The molecule has 0 aliphatic rings. The van der Waals surface area contributed by atoms with Crippen molar-refractivity contribution in [1.29, 1.82) is 0 Å². The van der Waals surface area contributed by atoms with Crippen LogP contribution in [0.15, 0.2) is 34.9 Å². The standard InChI is InChI=1S/C19H20N2O7/c1-4-26-19(25)16-5-6-27-17(16)10-28-18(24)13-7-14(20-11(2)22)9-15(8-13)21-12(3)23/h5-9H,4,10H2,1-3H3,(H,20,22)(H,21,23). The molecule has 2 aromatic rings. The number of carbonyl (C=O) groups is 4. The molecule has 1 aromatic heterocycles. The molecule has 9 nitrogen and oxygen atoms in total. The second-order valence-corrected chi connectivity index (χ2v) is 5.72. The third-order valence-electron chi connectivity index (χ3n) is 3.38. The second kappa shape index (κ2) is 9.36. The summed E-state index contributed by atoms with van der Waals surface area (Å²) in [6.07, 6.45) is 1.29. The Hall–Kier alpha value is -3.62. The molecule has 2 rings (SSSR count). The van der Waals surface area contributed by atoms with E-state index in [-0.39, 0.29) is 41.9 Å². The van der Waals surface area contributed by atoms with Gasteiger partial charge in [-0.1, -0.05) is 0 Å². The highest BCUT2D eigenvalue weighted by Crippen LogP contribution is 2.21. The Morgan fingerprint density at radius 3 is 2.07 bits per heavy atom. The Morgan fingerprint density at radius 1 is 0.929 bits per heavy atom. The van der Waals surface area contributed by atoms with E-state index in [9.17, 15) is 19.2 Å². The molecule has 0 spiro atoms. The van der Waals surface area contributed by atoms with E-state index in [2.05, 4.69) is 10.6 Å². The van der Waals surface area contributed by atoms with Crippen LogP contribution in [0.5, 0.6) is 0 Å². The zero-order chi connectivity index (χ0) is 20.7. The van der Waals surface area contributed by atoms with Crippen LogP contribution in [0.2, 0.25) is 0 Å². The minimum absolute atomic E-state index is 0.0965. The van der Waals surface area contributed by atoms with Gasteiger partial charge >= 0.3 is 11.9 Å². The van der Waals surface area contributed by atoms with Crippen LogP contribution in [0.3, 0.4) is 0 Å². The minimum atomic E-state index is -0.731. The van der Waals surface area contributed by atoms with Gasteiger partial charge in [-0.3, -0.25) is 9.59 Å². The van der Waals surface area contributed by atoms with Crippen LogP contribution in [0, 0.1) is 0 Å². The fourth-order valence-corrected chi connectivity index (χ4v) is 2.35. The molecule has 0 aliphatic carbocycles. The largest absolute Gasteiger partial charge is 0.465 e. The number of anilines is 2. The number of hydrogen-bond donors (Lipinski definition) is 2. The molecule has 1 aromatic carbocycles. The number of hydrogen-bond acceptors (Lipinski definition) is 7. The van der Waals surface area contributed by atoms with E-state index >= 15 is 0 Å². The Morgan fingerprint density at radius 2 is 1.54 bits per heavy atom. The van der Waals surface area contributed by atoms with Gasteiger partial charge in [0.05, 0.1) is 18.4 Å². The monoisotopic (exact) mass is 388 g/mol. The lowest BCUT2D eigenvalue weighted by atomic mass is 10.1. The smallest absolute Gasteiger partial charge is 0.341 e. The van der Waals surface area contributed by atoms with Crippen LogP contribution < -0.4 is 10.6 Å². The predicted octanol–water partition coefficient (Wildman–Crippen LogP) is 2.73. The maximum Gasteiger partial charge on any atom is 0.341 e. The Balaban J connectivity index is 2.17. The van der Waals surface area contributed by atoms with Crippen molar-refractivity contribution in [3.05, 3.63) is 47.4 Å². The summed E-state index contributed by atoms with van der Waals surface area (Å²) in [5.74, 6) is -1.84. The quantitative estimate of drug-likeness (QED) is 0.699. The Kier molecular flexibility index (Phi) is 6.91. The Bertz CT molecular complexity index is 867. The molecule has 2 amide bonds. The van der Waals surface area contributed by atoms with Gasteiger partial charge < -0.3 is 24.5 Å². The van der Waals surface area contributed by atoms with Gasteiger partial charge in [0, 0.05) is 25.2 Å². The van der Waals surface area contributed by atoms with Gasteiger partial charge in [0.15, 0.2) is 12.4 Å². The summed E-state index contributed by atoms with van der Waals surface area (Å²) in [6, 6.07) is 5.74. The summed E-state index contributed by atoms with van der Waals surface area (Å²) >= 11 is 0. The summed E-state index contributed by atoms with van der Waals surface area (Å²) in [6.45, 7) is 4.21. The number of amides is 2. The average Bonchev–Trinajstić information content (AvgIpc) is 3.07. The maximum absolute atomic E-state index is 12.4. The zero-order valence-electron chi connectivity index (χ0n) is 15.7. The first kappa shape index (κ1) is 20.7. The number of furan rings is 1. The summed E-state index contributed by atoms with van der Waals surface area (Å²) < 4.78 is 15.3. The zero-order valence-corrected chi connectivity index (χ0v) is 15.7. The molecular weight excluding hydrogens is 368 g/mol. The molecule has 0 saturated carbocycles. The SMILES string of the molecule is CCOC(=O)c1ccoc1COC(=O)c1cc(NC(C)=O)cc(NC(C)=O)c1. The molecular formula is C19H20N2O7. The van der Waals surface area contributed by atoms with E-state index < -0.39 is 11.9 Å². The highest BCUT2D eigenvalue weighted by Gasteiger charge is 2.18. The predicted molar refractivity (Wildman–Crippen MR) is 98.8 cm³/mol. The summed E-state index contributed by atoms with van der Waals surface area (Å²) in [7, 11) is 0. The number of benzene rings is 1. The Labute approximate surface area is 161 Å². The number of nitrogens with one attached hydrogen (secondary N) is 2. The van der Waals surface area contributed by atoms with Crippen molar-refractivity contribution in [3.8, 4) is 0 Å². The number of rotatable bonds is 7. The molecule has 0 aliphatic heterocycles. The van der Waals surface area contributed by atoms with Gasteiger partial charge in [-0.2, -0.15) is 0 Å². The van der Waals surface area contributed by atoms with E-state index in [1.165, 1.54) is 44.4 Å². The third-order valence-corrected chi connectivity index (χ3v) is 3.38. The second-order valence-electron chi connectivity index (χ2n) is 5.72. The molecule has 28 heavy (non-hydrogen) atoms. The fourth-order valence-electron chi connectivity index (χ4n) is 2.35. The van der Waals surface area contributed by atoms with E-state index in [0.29, 0.717) is 11.4 Å². The van der Waals surface area contributed by atoms with Crippen molar-refractivity contribution in [2.75, 3.05) is 17.2 Å². The third kappa shape index (κ3) is 5.70. The molecule has 1 heterocycles. The minimum Gasteiger partial charge on any atom is -0.465 e. The average molecular weight is 388 g/mol. The molecule has 148 valence electrons. The molecule has 9 heteroatoms. The number of esters is 2. The lowest BCUT2D eigenvalue weighted by Crippen LogP contribution is -2.13. The molecule has 0 fully saturated rings. The van der Waals surface area contributed by atoms with Crippen LogP contribution in [-0.2, 0) is 25.7 Å². The van der Waals surface area contributed by atoms with Gasteiger partial charge in [-0.25, -0.2) is 9.59 Å². The fraction of sp³-hybridized carbons (Fsp3) is 0.263. The van der Waals surface area contributed by atoms with Crippen LogP contribution in [0.25, 0.3) is 0 Å². The van der Waals surface area contributed by atoms with E-state index in [1.54, 1.807) is 6.92 Å². The van der Waals surface area contributed by atoms with Crippen molar-refractivity contribution in [2.24, 2.45) is 0 Å². The van der Waals surface area contributed by atoms with Crippen molar-refractivity contribution >= 4 is 35.1 Å². The van der Waals surface area contributed by atoms with Crippen LogP contribution in [0.1, 0.15) is 47.2 Å². The van der Waals surface area contributed by atoms with Crippen molar-refractivity contribution in [1.82, 2.24) is 0 Å². The van der Waals surface area contributed by atoms with Crippen LogP contribution in [0.4, 0.5) is 11.4 Å².